The van der Waals surface area contributed by atoms with Crippen LogP contribution in [-0.4, -0.2) is 22.1 Å². The van der Waals surface area contributed by atoms with Crippen molar-refractivity contribution in [2.45, 2.75) is 60.0 Å². The molecule has 0 aliphatic rings. The molecule has 3 heteroatoms. The van der Waals surface area contributed by atoms with E-state index in [-0.39, 0.29) is 0 Å². The summed E-state index contributed by atoms with van der Waals surface area (Å²) in [6.07, 6.45) is 6.16. The third-order valence-electron chi connectivity index (χ3n) is 2.92. The molecule has 1 heterocycles. The number of aromatic nitrogens is 2. The molecule has 0 saturated heterocycles. The minimum atomic E-state index is 0.358. The van der Waals surface area contributed by atoms with Gasteiger partial charge in [0.15, 0.2) is 0 Å². The summed E-state index contributed by atoms with van der Waals surface area (Å²) in [5.41, 5.74) is 0.358. The van der Waals surface area contributed by atoms with Gasteiger partial charge in [0.25, 0.3) is 0 Å². The minimum absolute atomic E-state index is 0.358. The van der Waals surface area contributed by atoms with Gasteiger partial charge in [-0.05, 0) is 25.3 Å². The van der Waals surface area contributed by atoms with E-state index in [4.69, 9.17) is 0 Å². The van der Waals surface area contributed by atoms with Gasteiger partial charge in [-0.25, -0.2) is 4.98 Å². The summed E-state index contributed by atoms with van der Waals surface area (Å²) >= 11 is 0. The Hall–Kier alpha value is -0.830. The molecular formula is C14H27N3. The maximum atomic E-state index is 4.46. The monoisotopic (exact) mass is 237 g/mol. The van der Waals surface area contributed by atoms with E-state index in [0.29, 0.717) is 11.5 Å². The summed E-state index contributed by atoms with van der Waals surface area (Å²) in [6, 6.07) is 0.521. The van der Waals surface area contributed by atoms with Crippen LogP contribution >= 0.6 is 0 Å². The SMILES string of the molecule is CCNC(Cc1nccn1CC)CC(C)(C)C. The lowest BCUT2D eigenvalue weighted by molar-refractivity contribution is 0.305. The molecular weight excluding hydrogens is 210 g/mol. The van der Waals surface area contributed by atoms with E-state index in [1.807, 2.05) is 6.20 Å². The van der Waals surface area contributed by atoms with Crippen molar-refractivity contribution in [3.05, 3.63) is 18.2 Å². The number of hydrogen-bond donors (Lipinski definition) is 1. The van der Waals surface area contributed by atoms with E-state index in [2.05, 4.69) is 55.7 Å². The van der Waals surface area contributed by atoms with Crippen molar-refractivity contribution >= 4 is 0 Å². The maximum absolute atomic E-state index is 4.46. The molecule has 3 nitrogen and oxygen atoms in total. The van der Waals surface area contributed by atoms with Gasteiger partial charge < -0.3 is 9.88 Å². The Labute approximate surface area is 106 Å². The van der Waals surface area contributed by atoms with Crippen LogP contribution in [-0.2, 0) is 13.0 Å². The smallest absolute Gasteiger partial charge is 0.110 e. The number of likely N-dealkylation sites (N-methyl/N-ethyl adjacent to an activating group) is 1. The van der Waals surface area contributed by atoms with E-state index in [0.717, 1.165) is 19.5 Å². The lowest BCUT2D eigenvalue weighted by Gasteiger charge is -2.26. The molecule has 0 aromatic carbocycles. The zero-order valence-electron chi connectivity index (χ0n) is 12.0. The molecule has 0 spiro atoms. The molecule has 1 aromatic rings. The van der Waals surface area contributed by atoms with E-state index < -0.39 is 0 Å². The average molecular weight is 237 g/mol. The number of rotatable bonds is 6. The van der Waals surface area contributed by atoms with E-state index >= 15 is 0 Å². The molecule has 0 aliphatic carbocycles. The predicted octanol–water partition coefficient (Wildman–Crippen LogP) is 2.86. The average Bonchev–Trinajstić information content (AvgIpc) is 2.63. The van der Waals surface area contributed by atoms with Gasteiger partial charge in [-0.1, -0.05) is 27.7 Å². The van der Waals surface area contributed by atoms with Crippen molar-refractivity contribution in [2.75, 3.05) is 6.54 Å². The van der Waals surface area contributed by atoms with Gasteiger partial charge in [0.1, 0.15) is 5.82 Å². The van der Waals surface area contributed by atoms with Crippen LogP contribution in [0.4, 0.5) is 0 Å². The predicted molar refractivity (Wildman–Crippen MR) is 73.1 cm³/mol. The van der Waals surface area contributed by atoms with Crippen LogP contribution in [0.3, 0.4) is 0 Å². The normalized spacial score (nSPS) is 13.9. The Kier molecular flexibility index (Phi) is 5.19. The zero-order valence-corrected chi connectivity index (χ0v) is 12.0. The van der Waals surface area contributed by atoms with Crippen LogP contribution in [0.1, 0.15) is 46.9 Å². The highest BCUT2D eigenvalue weighted by Gasteiger charge is 2.19. The first-order valence-corrected chi connectivity index (χ1v) is 6.69. The fraction of sp³-hybridized carbons (Fsp3) is 0.786. The first kappa shape index (κ1) is 14.2. The van der Waals surface area contributed by atoms with Crippen LogP contribution in [0.2, 0.25) is 0 Å². The van der Waals surface area contributed by atoms with Gasteiger partial charge in [-0.3, -0.25) is 0 Å². The molecule has 17 heavy (non-hydrogen) atoms. The third-order valence-corrected chi connectivity index (χ3v) is 2.92. The molecule has 1 N–H and O–H groups in total. The second kappa shape index (κ2) is 6.20. The molecule has 1 atom stereocenters. The van der Waals surface area contributed by atoms with Crippen LogP contribution in [0.25, 0.3) is 0 Å². The molecule has 0 amide bonds. The molecule has 0 radical (unpaired) electrons. The highest BCUT2D eigenvalue weighted by molar-refractivity contribution is 4.96. The number of aryl methyl sites for hydroxylation is 1. The summed E-state index contributed by atoms with van der Waals surface area (Å²) < 4.78 is 2.23. The van der Waals surface area contributed by atoms with Crippen molar-refractivity contribution in [2.24, 2.45) is 5.41 Å². The molecule has 0 aliphatic heterocycles. The Morgan fingerprint density at radius 3 is 2.59 bits per heavy atom. The van der Waals surface area contributed by atoms with Crippen LogP contribution in [0.5, 0.6) is 0 Å². The summed E-state index contributed by atoms with van der Waals surface area (Å²) in [5.74, 6) is 1.20. The minimum Gasteiger partial charge on any atom is -0.335 e. The fourth-order valence-electron chi connectivity index (χ4n) is 2.28. The fourth-order valence-corrected chi connectivity index (χ4v) is 2.28. The summed E-state index contributed by atoms with van der Waals surface area (Å²) in [5, 5.41) is 3.58. The van der Waals surface area contributed by atoms with Gasteiger partial charge in [-0.15, -0.1) is 0 Å². The molecule has 0 bridgehead atoms. The number of nitrogens with one attached hydrogen (secondary N) is 1. The van der Waals surface area contributed by atoms with Crippen LogP contribution in [0, 0.1) is 5.41 Å². The first-order valence-electron chi connectivity index (χ1n) is 6.69. The molecule has 98 valence electrons. The highest BCUT2D eigenvalue weighted by atomic mass is 15.1. The lowest BCUT2D eigenvalue weighted by atomic mass is 9.87. The Bertz CT molecular complexity index is 322. The van der Waals surface area contributed by atoms with Crippen molar-refractivity contribution in [1.82, 2.24) is 14.9 Å². The molecule has 1 rings (SSSR count). The van der Waals surface area contributed by atoms with Crippen molar-refractivity contribution in [3.63, 3.8) is 0 Å². The van der Waals surface area contributed by atoms with Gasteiger partial charge in [0.2, 0.25) is 0 Å². The summed E-state index contributed by atoms with van der Waals surface area (Å²) in [7, 11) is 0. The summed E-state index contributed by atoms with van der Waals surface area (Å²) in [4.78, 5) is 4.46. The topological polar surface area (TPSA) is 29.9 Å². The third kappa shape index (κ3) is 4.90. The Balaban J connectivity index is 2.66. The largest absolute Gasteiger partial charge is 0.335 e. The zero-order chi connectivity index (χ0) is 12.9. The quantitative estimate of drug-likeness (QED) is 0.824. The molecule has 0 saturated carbocycles. The van der Waals surface area contributed by atoms with E-state index in [1.54, 1.807) is 0 Å². The Morgan fingerprint density at radius 2 is 2.06 bits per heavy atom. The lowest BCUT2D eigenvalue weighted by Crippen LogP contribution is -2.35. The molecule has 0 fully saturated rings. The highest BCUT2D eigenvalue weighted by Crippen LogP contribution is 2.22. The number of imidazole rings is 1. The number of nitrogens with zero attached hydrogens (tertiary/aromatic N) is 2. The van der Waals surface area contributed by atoms with Crippen molar-refractivity contribution in [3.8, 4) is 0 Å². The van der Waals surface area contributed by atoms with E-state index in [9.17, 15) is 0 Å². The molecule has 1 aromatic heterocycles. The second-order valence-corrected chi connectivity index (χ2v) is 5.85. The van der Waals surface area contributed by atoms with Gasteiger partial charge in [0, 0.05) is 31.4 Å². The maximum Gasteiger partial charge on any atom is 0.110 e. The molecule has 1 unspecified atom stereocenters. The van der Waals surface area contributed by atoms with Crippen molar-refractivity contribution in [1.29, 1.82) is 0 Å². The summed E-state index contributed by atoms with van der Waals surface area (Å²) in [6.45, 7) is 13.2. The van der Waals surface area contributed by atoms with Crippen LogP contribution in [0.15, 0.2) is 12.4 Å². The standard InChI is InChI=1S/C14H27N3/c1-6-15-12(11-14(3,4)5)10-13-16-8-9-17(13)7-2/h8-9,12,15H,6-7,10-11H2,1-5H3. The van der Waals surface area contributed by atoms with Gasteiger partial charge in [-0.2, -0.15) is 0 Å². The second-order valence-electron chi connectivity index (χ2n) is 5.85. The van der Waals surface area contributed by atoms with Crippen LogP contribution < -0.4 is 5.32 Å². The van der Waals surface area contributed by atoms with Crippen molar-refractivity contribution < 1.29 is 0 Å². The van der Waals surface area contributed by atoms with Gasteiger partial charge in [0.05, 0.1) is 0 Å². The Morgan fingerprint density at radius 1 is 1.35 bits per heavy atom. The van der Waals surface area contributed by atoms with Gasteiger partial charge >= 0.3 is 0 Å². The first-order chi connectivity index (χ1) is 7.96. The van der Waals surface area contributed by atoms with E-state index in [1.165, 1.54) is 12.2 Å². The number of hydrogen-bond acceptors (Lipinski definition) is 2.